The number of carbonyl (C=O) groups is 1. The van der Waals surface area contributed by atoms with E-state index in [4.69, 9.17) is 20.9 Å². The second-order valence-corrected chi connectivity index (χ2v) is 4.21. The summed E-state index contributed by atoms with van der Waals surface area (Å²) in [4.78, 5) is 22.0. The molecule has 1 aromatic heterocycles. The number of carbonyl (C=O) groups excluding carboxylic acids is 1. The van der Waals surface area contributed by atoms with Gasteiger partial charge in [0.25, 0.3) is 5.91 Å². The maximum Gasteiger partial charge on any atom is 0.276 e. The quantitative estimate of drug-likeness (QED) is 0.704. The van der Waals surface area contributed by atoms with Gasteiger partial charge in [0.1, 0.15) is 5.82 Å². The third-order valence-corrected chi connectivity index (χ3v) is 2.75. The van der Waals surface area contributed by atoms with E-state index in [1.54, 1.807) is 26.0 Å². The number of nitrogens with zero attached hydrogens (tertiary/aromatic N) is 3. The fourth-order valence-electron chi connectivity index (χ4n) is 1.57. The van der Waals surface area contributed by atoms with Crippen LogP contribution in [0.5, 0.6) is 0 Å². The Labute approximate surface area is 118 Å². The molecule has 0 bridgehead atoms. The van der Waals surface area contributed by atoms with Crippen molar-refractivity contribution in [1.29, 1.82) is 0 Å². The normalized spacial score (nSPS) is 10.6. The van der Waals surface area contributed by atoms with Gasteiger partial charge in [-0.15, -0.1) is 0 Å². The number of anilines is 2. The minimum absolute atomic E-state index is 0.0558. The highest BCUT2D eigenvalue weighted by atomic mass is 16.5. The number of rotatable bonds is 7. The molecule has 0 fully saturated rings. The van der Waals surface area contributed by atoms with Crippen molar-refractivity contribution in [3.05, 3.63) is 11.4 Å². The Balaban J connectivity index is 2.95. The summed E-state index contributed by atoms with van der Waals surface area (Å²) in [6, 6.07) is 0. The largest absolute Gasteiger partial charge is 0.383 e. The van der Waals surface area contributed by atoms with Crippen LogP contribution in [0.3, 0.4) is 0 Å². The second-order valence-electron chi connectivity index (χ2n) is 4.21. The summed E-state index contributed by atoms with van der Waals surface area (Å²) in [5, 5.41) is 0. The van der Waals surface area contributed by atoms with Crippen LogP contribution in [-0.4, -0.2) is 61.3 Å². The van der Waals surface area contributed by atoms with Crippen molar-refractivity contribution in [1.82, 2.24) is 14.9 Å². The van der Waals surface area contributed by atoms with Gasteiger partial charge in [-0.3, -0.25) is 4.79 Å². The molecule has 0 aliphatic carbocycles. The Hall–Kier alpha value is -1.93. The highest BCUT2D eigenvalue weighted by molar-refractivity contribution is 5.96. The molecule has 8 heteroatoms. The van der Waals surface area contributed by atoms with Crippen LogP contribution in [0, 0.1) is 6.92 Å². The molecule has 112 valence electrons. The summed E-state index contributed by atoms with van der Waals surface area (Å²) < 4.78 is 9.97. The monoisotopic (exact) mass is 283 g/mol. The molecule has 0 saturated carbocycles. The summed E-state index contributed by atoms with van der Waals surface area (Å²) in [6.45, 7) is 3.32. The van der Waals surface area contributed by atoms with Crippen LogP contribution in [-0.2, 0) is 9.47 Å². The van der Waals surface area contributed by atoms with Gasteiger partial charge >= 0.3 is 0 Å². The Morgan fingerprint density at radius 1 is 1.10 bits per heavy atom. The molecule has 1 aromatic rings. The van der Waals surface area contributed by atoms with Crippen LogP contribution >= 0.6 is 0 Å². The lowest BCUT2D eigenvalue weighted by Crippen LogP contribution is -2.37. The molecule has 20 heavy (non-hydrogen) atoms. The minimum atomic E-state index is -0.337. The van der Waals surface area contributed by atoms with Crippen LogP contribution in [0.15, 0.2) is 0 Å². The lowest BCUT2D eigenvalue weighted by Gasteiger charge is -2.22. The molecular formula is C12H21N5O3. The third kappa shape index (κ3) is 4.04. The van der Waals surface area contributed by atoms with Gasteiger partial charge in [0.05, 0.1) is 18.9 Å². The summed E-state index contributed by atoms with van der Waals surface area (Å²) >= 11 is 0. The molecule has 0 aliphatic heterocycles. The fraction of sp³-hybridized carbons (Fsp3) is 0.583. The Morgan fingerprint density at radius 2 is 1.65 bits per heavy atom. The SMILES string of the molecule is COCCN(CCOC)C(=O)c1nc(N)c(C)nc1N. The second kappa shape index (κ2) is 7.61. The molecule has 0 unspecified atom stereocenters. The lowest BCUT2D eigenvalue weighted by atomic mass is 10.3. The van der Waals surface area contributed by atoms with E-state index in [1.165, 1.54) is 0 Å². The van der Waals surface area contributed by atoms with Gasteiger partial charge in [0.15, 0.2) is 11.5 Å². The Bertz CT molecular complexity index is 459. The molecular weight excluding hydrogens is 262 g/mol. The Morgan fingerprint density at radius 3 is 2.15 bits per heavy atom. The first-order chi connectivity index (χ1) is 9.51. The number of nitrogens with two attached hydrogens (primary N) is 2. The molecule has 0 atom stereocenters. The van der Waals surface area contributed by atoms with Crippen molar-refractivity contribution in [2.75, 3.05) is 52.0 Å². The number of hydrogen-bond donors (Lipinski definition) is 2. The molecule has 1 heterocycles. The highest BCUT2D eigenvalue weighted by Gasteiger charge is 2.21. The predicted molar refractivity (Wildman–Crippen MR) is 75.2 cm³/mol. The predicted octanol–water partition coefficient (Wildman–Crippen LogP) is -0.316. The van der Waals surface area contributed by atoms with E-state index < -0.39 is 0 Å². The van der Waals surface area contributed by atoms with Crippen molar-refractivity contribution in [3.8, 4) is 0 Å². The summed E-state index contributed by atoms with van der Waals surface area (Å²) in [5.74, 6) is -0.0710. The molecule has 4 N–H and O–H groups in total. The number of aryl methyl sites for hydroxylation is 1. The average molecular weight is 283 g/mol. The van der Waals surface area contributed by atoms with Crippen molar-refractivity contribution in [2.24, 2.45) is 0 Å². The molecule has 1 rings (SSSR count). The zero-order valence-electron chi connectivity index (χ0n) is 12.0. The molecule has 8 nitrogen and oxygen atoms in total. The van der Waals surface area contributed by atoms with E-state index in [0.29, 0.717) is 32.0 Å². The van der Waals surface area contributed by atoms with E-state index in [1.807, 2.05) is 0 Å². The van der Waals surface area contributed by atoms with Gasteiger partial charge in [0.2, 0.25) is 0 Å². The maximum absolute atomic E-state index is 12.4. The first kappa shape index (κ1) is 16.1. The molecule has 0 aliphatic rings. The number of amides is 1. The van der Waals surface area contributed by atoms with Gasteiger partial charge in [-0.05, 0) is 6.92 Å². The van der Waals surface area contributed by atoms with Crippen molar-refractivity contribution in [2.45, 2.75) is 6.92 Å². The van der Waals surface area contributed by atoms with Crippen molar-refractivity contribution >= 4 is 17.5 Å². The summed E-state index contributed by atoms with van der Waals surface area (Å²) in [5.41, 5.74) is 12.0. The fourth-order valence-corrected chi connectivity index (χ4v) is 1.57. The first-order valence-corrected chi connectivity index (χ1v) is 6.18. The van der Waals surface area contributed by atoms with Crippen LogP contribution in [0.25, 0.3) is 0 Å². The average Bonchev–Trinajstić information content (AvgIpc) is 2.42. The third-order valence-electron chi connectivity index (χ3n) is 2.75. The number of hydrogen-bond acceptors (Lipinski definition) is 7. The van der Waals surface area contributed by atoms with E-state index >= 15 is 0 Å². The van der Waals surface area contributed by atoms with Crippen LogP contribution in [0.4, 0.5) is 11.6 Å². The van der Waals surface area contributed by atoms with Gasteiger partial charge in [-0.25, -0.2) is 9.97 Å². The van der Waals surface area contributed by atoms with Gasteiger partial charge < -0.3 is 25.8 Å². The molecule has 0 spiro atoms. The summed E-state index contributed by atoms with van der Waals surface area (Å²) in [6.07, 6.45) is 0. The smallest absolute Gasteiger partial charge is 0.276 e. The van der Waals surface area contributed by atoms with Crippen LogP contribution in [0.2, 0.25) is 0 Å². The first-order valence-electron chi connectivity index (χ1n) is 6.18. The maximum atomic E-state index is 12.4. The lowest BCUT2D eigenvalue weighted by molar-refractivity contribution is 0.0622. The summed E-state index contributed by atoms with van der Waals surface area (Å²) in [7, 11) is 3.13. The van der Waals surface area contributed by atoms with Gasteiger partial charge in [-0.2, -0.15) is 0 Å². The highest BCUT2D eigenvalue weighted by Crippen LogP contribution is 2.14. The molecule has 0 saturated heterocycles. The zero-order valence-corrected chi connectivity index (χ0v) is 12.0. The number of methoxy groups -OCH3 is 2. The number of ether oxygens (including phenoxy) is 2. The number of aromatic nitrogens is 2. The van der Waals surface area contributed by atoms with Gasteiger partial charge in [-0.1, -0.05) is 0 Å². The number of nitrogen functional groups attached to an aromatic ring is 2. The topological polar surface area (TPSA) is 117 Å². The van der Waals surface area contributed by atoms with Gasteiger partial charge in [0, 0.05) is 27.3 Å². The molecule has 1 amide bonds. The van der Waals surface area contributed by atoms with Crippen LogP contribution < -0.4 is 11.5 Å². The Kier molecular flexibility index (Phi) is 6.13. The standard InChI is InChI=1S/C12H21N5O3/c1-8-10(13)16-9(11(14)15-8)12(18)17(4-6-19-2)5-7-20-3/h4-7H2,1-3H3,(H2,13,16)(H2,14,15). The van der Waals surface area contributed by atoms with Crippen LogP contribution in [0.1, 0.15) is 16.2 Å². The molecule has 0 aromatic carbocycles. The minimum Gasteiger partial charge on any atom is -0.383 e. The van der Waals surface area contributed by atoms with E-state index in [9.17, 15) is 4.79 Å². The van der Waals surface area contributed by atoms with Crippen molar-refractivity contribution < 1.29 is 14.3 Å². The zero-order chi connectivity index (χ0) is 15.1. The van der Waals surface area contributed by atoms with E-state index in [2.05, 4.69) is 9.97 Å². The molecule has 0 radical (unpaired) electrons. The van der Waals surface area contributed by atoms with E-state index in [-0.39, 0.29) is 23.2 Å². The van der Waals surface area contributed by atoms with E-state index in [0.717, 1.165) is 0 Å². The van der Waals surface area contributed by atoms with Crippen molar-refractivity contribution in [3.63, 3.8) is 0 Å².